The second-order valence-corrected chi connectivity index (χ2v) is 21.6. The molecule has 4 amide bonds. The molecule has 0 bridgehead atoms. The Hall–Kier alpha value is -9.20. The number of hydrogen-bond donors (Lipinski definition) is 0. The minimum atomic E-state index is -0.641. The molecule has 3 aliphatic heterocycles. The third-order valence-electron chi connectivity index (χ3n) is 17.5. The molecule has 12 nitrogen and oxygen atoms in total. The summed E-state index contributed by atoms with van der Waals surface area (Å²) in [4.78, 5) is 58.6. The minimum Gasteiger partial charge on any atom is -0.481 e. The molecule has 6 aliphatic rings. The number of benzene rings is 8. The Morgan fingerprint density at radius 2 is 1.23 bits per heavy atom. The third-order valence-corrected chi connectivity index (χ3v) is 17.5. The molecule has 8 aromatic carbocycles. The van der Waals surface area contributed by atoms with Gasteiger partial charge in [-0.15, -0.1) is 12.8 Å². The molecular formula is C68H52N2O10. The highest BCUT2D eigenvalue weighted by Gasteiger charge is 2.59. The lowest BCUT2D eigenvalue weighted by molar-refractivity contribution is -0.252. The summed E-state index contributed by atoms with van der Waals surface area (Å²) in [5.41, 5.74) is 6.97. The number of anilines is 2. The number of imide groups is 2. The molecule has 394 valence electrons. The van der Waals surface area contributed by atoms with E-state index in [2.05, 4.69) is 72.5 Å². The van der Waals surface area contributed by atoms with E-state index in [0.29, 0.717) is 82.5 Å². The first-order valence-electron chi connectivity index (χ1n) is 27.1. The predicted molar refractivity (Wildman–Crippen MR) is 302 cm³/mol. The zero-order valence-electron chi connectivity index (χ0n) is 43.6. The zero-order chi connectivity index (χ0) is 54.4. The van der Waals surface area contributed by atoms with Gasteiger partial charge >= 0.3 is 0 Å². The lowest BCUT2D eigenvalue weighted by atomic mass is 9.59. The molecule has 3 heterocycles. The zero-order valence-corrected chi connectivity index (χ0v) is 43.6. The van der Waals surface area contributed by atoms with Crippen LogP contribution in [0.15, 0.2) is 152 Å². The average Bonchev–Trinajstić information content (AvgIpc) is 4.00. The molecule has 3 aliphatic carbocycles. The molecule has 4 fully saturated rings. The summed E-state index contributed by atoms with van der Waals surface area (Å²) in [7, 11) is 0. The number of hydrogen-bond acceptors (Lipinski definition) is 10. The van der Waals surface area contributed by atoms with Crippen molar-refractivity contribution in [3.05, 3.63) is 179 Å². The number of amides is 4. The maximum absolute atomic E-state index is 14.5. The summed E-state index contributed by atoms with van der Waals surface area (Å²) in [5, 5.41) is 3.07. The number of fused-ring (bicyclic) bond motifs is 10. The summed E-state index contributed by atoms with van der Waals surface area (Å²) in [6.07, 6.45) is 13.3. The first kappa shape index (κ1) is 49.1. The highest BCUT2D eigenvalue weighted by molar-refractivity contribution is 6.25. The number of carbonyl (C=O) groups excluding carboxylic acids is 4. The van der Waals surface area contributed by atoms with Crippen molar-refractivity contribution >= 4 is 57.1 Å². The predicted octanol–water partition coefficient (Wildman–Crippen LogP) is 12.3. The Bertz CT molecular complexity index is 3980. The van der Waals surface area contributed by atoms with Crippen LogP contribution in [0.3, 0.4) is 0 Å². The molecule has 80 heavy (non-hydrogen) atoms. The van der Waals surface area contributed by atoms with Crippen molar-refractivity contribution in [1.29, 1.82) is 0 Å². The van der Waals surface area contributed by atoms with Crippen molar-refractivity contribution in [2.45, 2.75) is 68.9 Å². The molecule has 8 aromatic rings. The number of ether oxygens (including phenoxy) is 6. The second kappa shape index (κ2) is 19.3. The Balaban J connectivity index is 0.749. The molecule has 0 aromatic heterocycles. The van der Waals surface area contributed by atoms with Crippen molar-refractivity contribution in [2.75, 3.05) is 23.0 Å². The summed E-state index contributed by atoms with van der Waals surface area (Å²) in [5.74, 6) is 6.00. The monoisotopic (exact) mass is 1060 g/mol. The maximum atomic E-state index is 14.5. The Labute approximate surface area is 462 Å². The summed E-state index contributed by atoms with van der Waals surface area (Å²) in [6, 6.07) is 48.8. The summed E-state index contributed by atoms with van der Waals surface area (Å²) in [6.45, 7) is 2.06. The van der Waals surface area contributed by atoms with Gasteiger partial charge in [0.2, 0.25) is 18.2 Å². The fraction of sp³-hybridized carbons (Fsp3) is 0.235. The van der Waals surface area contributed by atoms with Crippen LogP contribution in [0.5, 0.6) is 34.5 Å². The normalized spacial score (nSPS) is 22.6. The Kier molecular flexibility index (Phi) is 11.9. The molecule has 12 heteroatoms. The van der Waals surface area contributed by atoms with Gasteiger partial charge in [0.15, 0.2) is 23.0 Å². The van der Waals surface area contributed by atoms with Gasteiger partial charge in [0.05, 0.1) is 47.6 Å². The van der Waals surface area contributed by atoms with Crippen LogP contribution in [0.1, 0.15) is 64.7 Å². The first-order valence-corrected chi connectivity index (χ1v) is 27.1. The lowest BCUT2D eigenvalue weighted by Gasteiger charge is -2.52. The number of rotatable bonds is 10. The van der Waals surface area contributed by atoms with E-state index in [9.17, 15) is 19.2 Å². The molecule has 7 atom stereocenters. The van der Waals surface area contributed by atoms with E-state index in [0.717, 1.165) is 39.5 Å². The molecule has 2 saturated carbocycles. The fourth-order valence-corrected chi connectivity index (χ4v) is 14.0. The van der Waals surface area contributed by atoms with Gasteiger partial charge in [0.25, 0.3) is 5.91 Å². The summed E-state index contributed by atoms with van der Waals surface area (Å²) < 4.78 is 38.9. The molecular weight excluding hydrogens is 1000 g/mol. The SMILES string of the molecule is C#CCOc1ccc2c(N(C=O)C(=O)c3cc4c(cc3C)Oc3cc(C5(C6CCC7OC8CC9C(=O)N(c%10cccc%11cc(OCC#C)ccc%10%11)C(=O)C9CC8OC7C6)c6ccccc6-c6ccccc65)ccc3O4)cccc2c1. The topological polar surface area (TPSA) is 130 Å². The highest BCUT2D eigenvalue weighted by Crippen LogP contribution is 2.61. The van der Waals surface area contributed by atoms with E-state index in [4.69, 9.17) is 41.3 Å². The van der Waals surface area contributed by atoms with Gasteiger partial charge in [-0.1, -0.05) is 90.7 Å². The van der Waals surface area contributed by atoms with Crippen LogP contribution in [-0.2, 0) is 29.3 Å². The van der Waals surface area contributed by atoms with E-state index in [1.54, 1.807) is 36.4 Å². The minimum absolute atomic E-state index is 0.0380. The van der Waals surface area contributed by atoms with Crippen LogP contribution in [-0.4, -0.2) is 61.8 Å². The van der Waals surface area contributed by atoms with Gasteiger partial charge in [0.1, 0.15) is 24.7 Å². The van der Waals surface area contributed by atoms with Crippen molar-refractivity contribution in [2.24, 2.45) is 17.8 Å². The molecule has 0 spiro atoms. The van der Waals surface area contributed by atoms with Crippen molar-refractivity contribution in [1.82, 2.24) is 0 Å². The smallest absolute Gasteiger partial charge is 0.265 e. The Morgan fingerprint density at radius 1 is 0.637 bits per heavy atom. The number of terminal acetylenes is 2. The molecule has 14 rings (SSSR count). The van der Waals surface area contributed by atoms with E-state index in [-0.39, 0.29) is 60.9 Å². The van der Waals surface area contributed by atoms with Crippen LogP contribution in [0.2, 0.25) is 0 Å². The summed E-state index contributed by atoms with van der Waals surface area (Å²) >= 11 is 0. The van der Waals surface area contributed by atoms with E-state index >= 15 is 0 Å². The van der Waals surface area contributed by atoms with Crippen LogP contribution in [0.25, 0.3) is 32.7 Å². The van der Waals surface area contributed by atoms with Crippen molar-refractivity contribution in [3.63, 3.8) is 0 Å². The molecule has 2 saturated heterocycles. The number of nitrogens with zero attached hydrogens (tertiary/aromatic N) is 2. The molecule has 7 unspecified atom stereocenters. The van der Waals surface area contributed by atoms with Gasteiger partial charge in [-0.2, -0.15) is 0 Å². The van der Waals surface area contributed by atoms with Crippen LogP contribution >= 0.6 is 0 Å². The number of carbonyl (C=O) groups is 4. The van der Waals surface area contributed by atoms with Crippen LogP contribution in [0.4, 0.5) is 11.4 Å². The lowest BCUT2D eigenvalue weighted by Crippen LogP contribution is -2.56. The van der Waals surface area contributed by atoms with Gasteiger partial charge in [-0.25, -0.2) is 9.80 Å². The standard InChI is InChI=1S/C68H52N2O10/c1-4-28-75-44-22-24-46-40(31-44)12-10-18-55(46)69(38-71)65(72)50-35-62-59(30-39(50)3)79-60-33-42(20-26-57(60)77-62)68(53-16-8-6-14-48(53)49-15-7-9-17-54(49)68)43-21-27-58-61(34-43)80-64-37-52-51(36-63(64)78-58)66(73)70(67(52)74)56-19-11-13-41-32-45(76-29-5-2)23-25-47(41)56/h1-2,6-20,22-26,30-33,35,38,43,51-52,58,61,63-64H,21,27-29,34,36-37H2,3H3. The third kappa shape index (κ3) is 7.69. The molecule has 0 radical (unpaired) electrons. The Morgan fingerprint density at radius 3 is 1.90 bits per heavy atom. The van der Waals surface area contributed by atoms with E-state index < -0.39 is 23.2 Å². The largest absolute Gasteiger partial charge is 0.481 e. The van der Waals surface area contributed by atoms with Crippen LogP contribution in [0, 0.1) is 49.4 Å². The van der Waals surface area contributed by atoms with E-state index in [1.807, 2.05) is 61.5 Å². The van der Waals surface area contributed by atoms with Crippen molar-refractivity contribution < 1.29 is 47.6 Å². The van der Waals surface area contributed by atoms with Gasteiger partial charge in [0, 0.05) is 21.8 Å². The second-order valence-electron chi connectivity index (χ2n) is 21.6. The number of aryl methyl sites for hydroxylation is 1. The van der Waals surface area contributed by atoms with Crippen molar-refractivity contribution in [3.8, 4) is 70.3 Å². The molecule has 0 N–H and O–H groups in total. The average molecular weight is 1060 g/mol. The fourth-order valence-electron chi connectivity index (χ4n) is 14.0. The highest BCUT2D eigenvalue weighted by atomic mass is 16.6. The van der Waals surface area contributed by atoms with Gasteiger partial charge in [-0.3, -0.25) is 19.2 Å². The van der Waals surface area contributed by atoms with Gasteiger partial charge < -0.3 is 28.4 Å². The maximum Gasteiger partial charge on any atom is 0.265 e. The van der Waals surface area contributed by atoms with Gasteiger partial charge in [-0.05, 0) is 162 Å². The first-order chi connectivity index (χ1) is 39.1. The quantitative estimate of drug-likeness (QED) is 0.0741. The van der Waals surface area contributed by atoms with Crippen LogP contribution < -0.4 is 28.7 Å². The van der Waals surface area contributed by atoms with E-state index in [1.165, 1.54) is 27.2 Å².